The topological polar surface area (TPSA) is 23.6 Å². The minimum atomic E-state index is 0.136. The molecule has 1 fully saturated rings. The maximum atomic E-state index is 11.6. The predicted molar refractivity (Wildman–Crippen MR) is 49.0 cm³/mol. The zero-order chi connectivity index (χ0) is 9.14. The van der Waals surface area contributed by atoms with Crippen LogP contribution in [0, 0.1) is 0 Å². The lowest BCUT2D eigenvalue weighted by atomic mass is 10.2. The molecule has 0 aliphatic carbocycles. The van der Waals surface area contributed by atoms with E-state index in [1.54, 1.807) is 0 Å². The highest BCUT2D eigenvalue weighted by Gasteiger charge is 2.31. The molecule has 1 heterocycles. The molecule has 0 aromatic rings. The van der Waals surface area contributed by atoms with E-state index in [2.05, 4.69) is 6.92 Å². The van der Waals surface area contributed by atoms with Gasteiger partial charge in [-0.15, -0.1) is 0 Å². The molecule has 1 amide bonds. The molecule has 3 nitrogen and oxygen atoms in total. The normalized spacial score (nSPS) is 24.2. The predicted octanol–water partition coefficient (Wildman–Crippen LogP) is 0.559. The first-order valence-electron chi connectivity index (χ1n) is 4.62. The van der Waals surface area contributed by atoms with Crippen molar-refractivity contribution in [1.82, 2.24) is 9.80 Å². The van der Waals surface area contributed by atoms with Crippen molar-refractivity contribution in [3.8, 4) is 0 Å². The van der Waals surface area contributed by atoms with E-state index in [0.717, 1.165) is 25.9 Å². The Morgan fingerprint density at radius 3 is 2.67 bits per heavy atom. The van der Waals surface area contributed by atoms with E-state index >= 15 is 0 Å². The lowest BCUT2D eigenvalue weighted by molar-refractivity contribution is -0.131. The fourth-order valence-electron chi connectivity index (χ4n) is 1.69. The Kier molecular flexibility index (Phi) is 3.09. The third kappa shape index (κ3) is 1.78. The number of hydrogen-bond donors (Lipinski definition) is 0. The zero-order valence-corrected chi connectivity index (χ0v) is 8.21. The first kappa shape index (κ1) is 9.52. The van der Waals surface area contributed by atoms with Crippen LogP contribution >= 0.6 is 0 Å². The Morgan fingerprint density at radius 2 is 2.25 bits per heavy atom. The molecule has 70 valence electrons. The highest BCUT2D eigenvalue weighted by molar-refractivity contribution is 5.83. The van der Waals surface area contributed by atoms with E-state index in [1.165, 1.54) is 0 Å². The van der Waals surface area contributed by atoms with Crippen LogP contribution in [0.25, 0.3) is 0 Å². The van der Waals surface area contributed by atoms with E-state index in [9.17, 15) is 4.79 Å². The summed E-state index contributed by atoms with van der Waals surface area (Å²) in [5, 5.41) is 0. The number of carbonyl (C=O) groups is 1. The van der Waals surface area contributed by atoms with Crippen molar-refractivity contribution in [3.63, 3.8) is 0 Å². The maximum absolute atomic E-state index is 11.6. The van der Waals surface area contributed by atoms with Crippen LogP contribution in [0.1, 0.15) is 19.8 Å². The molecule has 0 saturated carbocycles. The lowest BCUT2D eigenvalue weighted by Gasteiger charge is -2.19. The SMILES string of the molecule is CCCN1CCC(N(C)C)C1=O. The third-order valence-electron chi connectivity index (χ3n) is 2.39. The van der Waals surface area contributed by atoms with E-state index < -0.39 is 0 Å². The van der Waals surface area contributed by atoms with Crippen LogP contribution in [-0.2, 0) is 4.79 Å². The van der Waals surface area contributed by atoms with Crippen molar-refractivity contribution in [2.75, 3.05) is 27.2 Å². The summed E-state index contributed by atoms with van der Waals surface area (Å²) in [7, 11) is 3.94. The van der Waals surface area contributed by atoms with Gasteiger partial charge in [-0.25, -0.2) is 0 Å². The van der Waals surface area contributed by atoms with Crippen LogP contribution in [0.15, 0.2) is 0 Å². The number of amides is 1. The molecule has 1 rings (SSSR count). The molecule has 0 N–H and O–H groups in total. The molecule has 0 spiro atoms. The van der Waals surface area contributed by atoms with Gasteiger partial charge in [0.15, 0.2) is 0 Å². The molecule has 1 saturated heterocycles. The van der Waals surface area contributed by atoms with E-state index in [-0.39, 0.29) is 6.04 Å². The van der Waals surface area contributed by atoms with Gasteiger partial charge in [-0.3, -0.25) is 9.69 Å². The Balaban J connectivity index is 2.49. The molecule has 0 aromatic carbocycles. The average molecular weight is 170 g/mol. The van der Waals surface area contributed by atoms with Crippen molar-refractivity contribution >= 4 is 5.91 Å². The van der Waals surface area contributed by atoms with Gasteiger partial charge < -0.3 is 4.90 Å². The fourth-order valence-corrected chi connectivity index (χ4v) is 1.69. The second-order valence-electron chi connectivity index (χ2n) is 3.59. The molecule has 1 aliphatic heterocycles. The number of nitrogens with zero attached hydrogens (tertiary/aromatic N) is 2. The molecule has 1 atom stereocenters. The molecule has 1 unspecified atom stereocenters. The number of rotatable bonds is 3. The average Bonchev–Trinajstić information content (AvgIpc) is 2.34. The smallest absolute Gasteiger partial charge is 0.239 e. The van der Waals surface area contributed by atoms with Crippen LogP contribution in [0.2, 0.25) is 0 Å². The van der Waals surface area contributed by atoms with Gasteiger partial charge in [0.1, 0.15) is 0 Å². The summed E-state index contributed by atoms with van der Waals surface area (Å²) in [6.45, 7) is 3.97. The molecule has 0 bridgehead atoms. The molecule has 0 radical (unpaired) electrons. The van der Waals surface area contributed by atoms with Gasteiger partial charge >= 0.3 is 0 Å². The number of hydrogen-bond acceptors (Lipinski definition) is 2. The quantitative estimate of drug-likeness (QED) is 0.618. The van der Waals surface area contributed by atoms with Gasteiger partial charge in [-0.1, -0.05) is 6.92 Å². The summed E-state index contributed by atoms with van der Waals surface area (Å²) in [5.74, 6) is 0.307. The second kappa shape index (κ2) is 3.90. The van der Waals surface area contributed by atoms with Crippen molar-refractivity contribution < 1.29 is 4.79 Å². The summed E-state index contributed by atoms with van der Waals surface area (Å²) >= 11 is 0. The van der Waals surface area contributed by atoms with Gasteiger partial charge in [0, 0.05) is 13.1 Å². The number of likely N-dealkylation sites (tertiary alicyclic amines) is 1. The summed E-state index contributed by atoms with van der Waals surface area (Å²) in [6.07, 6.45) is 2.05. The van der Waals surface area contributed by atoms with Crippen molar-refractivity contribution in [3.05, 3.63) is 0 Å². The molecular weight excluding hydrogens is 152 g/mol. The third-order valence-corrected chi connectivity index (χ3v) is 2.39. The monoisotopic (exact) mass is 170 g/mol. The molecule has 1 aliphatic rings. The van der Waals surface area contributed by atoms with Crippen molar-refractivity contribution in [2.24, 2.45) is 0 Å². The van der Waals surface area contributed by atoms with E-state index in [1.807, 2.05) is 23.9 Å². The van der Waals surface area contributed by atoms with Crippen LogP contribution in [-0.4, -0.2) is 48.9 Å². The fraction of sp³-hybridized carbons (Fsp3) is 0.889. The summed E-state index contributed by atoms with van der Waals surface area (Å²) in [4.78, 5) is 15.6. The molecular formula is C9H18N2O. The Bertz CT molecular complexity index is 168. The second-order valence-corrected chi connectivity index (χ2v) is 3.59. The van der Waals surface area contributed by atoms with Crippen LogP contribution in [0.3, 0.4) is 0 Å². The Morgan fingerprint density at radius 1 is 1.58 bits per heavy atom. The Hall–Kier alpha value is -0.570. The van der Waals surface area contributed by atoms with Crippen molar-refractivity contribution in [2.45, 2.75) is 25.8 Å². The van der Waals surface area contributed by atoms with Crippen LogP contribution in [0.5, 0.6) is 0 Å². The number of carbonyl (C=O) groups excluding carboxylic acids is 1. The molecule has 3 heteroatoms. The Labute approximate surface area is 74.3 Å². The lowest BCUT2D eigenvalue weighted by Crippen LogP contribution is -2.37. The summed E-state index contributed by atoms with van der Waals surface area (Å²) < 4.78 is 0. The van der Waals surface area contributed by atoms with Gasteiger partial charge in [0.05, 0.1) is 6.04 Å². The number of likely N-dealkylation sites (N-methyl/N-ethyl adjacent to an activating group) is 1. The van der Waals surface area contributed by atoms with Gasteiger partial charge in [-0.05, 0) is 26.9 Å². The van der Waals surface area contributed by atoms with Crippen molar-refractivity contribution in [1.29, 1.82) is 0 Å². The maximum Gasteiger partial charge on any atom is 0.239 e. The van der Waals surface area contributed by atoms with Crippen LogP contribution < -0.4 is 0 Å². The van der Waals surface area contributed by atoms with Crippen LogP contribution in [0.4, 0.5) is 0 Å². The van der Waals surface area contributed by atoms with Gasteiger partial charge in [0.25, 0.3) is 0 Å². The minimum absolute atomic E-state index is 0.136. The molecule has 12 heavy (non-hydrogen) atoms. The van der Waals surface area contributed by atoms with E-state index in [4.69, 9.17) is 0 Å². The largest absolute Gasteiger partial charge is 0.341 e. The summed E-state index contributed by atoms with van der Waals surface area (Å²) in [6, 6.07) is 0.136. The van der Waals surface area contributed by atoms with Gasteiger partial charge in [0.2, 0.25) is 5.91 Å². The first-order chi connectivity index (χ1) is 5.66. The highest BCUT2D eigenvalue weighted by atomic mass is 16.2. The zero-order valence-electron chi connectivity index (χ0n) is 8.21. The molecule has 0 aromatic heterocycles. The highest BCUT2D eigenvalue weighted by Crippen LogP contribution is 2.14. The van der Waals surface area contributed by atoms with Gasteiger partial charge in [-0.2, -0.15) is 0 Å². The van der Waals surface area contributed by atoms with E-state index in [0.29, 0.717) is 5.91 Å². The standard InChI is InChI=1S/C9H18N2O/c1-4-6-11-7-5-8(9(11)12)10(2)3/h8H,4-7H2,1-3H3. The summed E-state index contributed by atoms with van der Waals surface area (Å²) in [5.41, 5.74) is 0. The first-order valence-corrected chi connectivity index (χ1v) is 4.62. The minimum Gasteiger partial charge on any atom is -0.341 e.